The van der Waals surface area contributed by atoms with Gasteiger partial charge in [0, 0.05) is 36.4 Å². The molecule has 1 aromatic heterocycles. The van der Waals surface area contributed by atoms with Crippen LogP contribution in [0.4, 0.5) is 10.5 Å². The lowest BCUT2D eigenvalue weighted by molar-refractivity contribution is -0.116. The summed E-state index contributed by atoms with van der Waals surface area (Å²) in [5.74, 6) is 0.213. The molecule has 0 spiro atoms. The quantitative estimate of drug-likeness (QED) is 0.104. The number of piperidine rings is 1. The number of alkyl carbamates (subject to hydrolysis) is 1. The van der Waals surface area contributed by atoms with Crippen molar-refractivity contribution in [2.45, 2.75) is 55.9 Å². The number of allylic oxidation sites excluding steroid dienone is 2. The first kappa shape index (κ1) is 36.4. The number of phenolic OH excluding ortho intramolecular Hbond substituents is 1. The molecule has 1 saturated heterocycles. The molecule has 12 nitrogen and oxygen atoms in total. The van der Waals surface area contributed by atoms with E-state index in [4.69, 9.17) is 9.47 Å². The van der Waals surface area contributed by atoms with E-state index < -0.39 is 23.7 Å². The Kier molecular flexibility index (Phi) is 11.7. The highest BCUT2D eigenvalue weighted by atomic mass is 16.6. The number of phenols is 1. The van der Waals surface area contributed by atoms with Crippen molar-refractivity contribution >= 4 is 28.6 Å². The second-order valence-corrected chi connectivity index (χ2v) is 13.1. The number of anilines is 1. The molecular weight excluding hydrogens is 662 g/mol. The molecule has 52 heavy (non-hydrogen) atoms. The zero-order valence-electron chi connectivity index (χ0n) is 29.1. The van der Waals surface area contributed by atoms with Crippen molar-refractivity contribution in [2.75, 3.05) is 32.1 Å². The number of H-pyrrole nitrogens is 1. The van der Waals surface area contributed by atoms with E-state index in [9.17, 15) is 24.6 Å². The molecule has 2 amide bonds. The van der Waals surface area contributed by atoms with Crippen molar-refractivity contribution in [3.63, 3.8) is 0 Å². The van der Waals surface area contributed by atoms with Crippen molar-refractivity contribution in [1.29, 1.82) is 0 Å². The van der Waals surface area contributed by atoms with E-state index in [1.54, 1.807) is 18.2 Å². The number of aromatic nitrogens is 1. The molecule has 1 aliphatic heterocycles. The number of carbonyl (C=O) groups is 2. The maximum absolute atomic E-state index is 13.5. The summed E-state index contributed by atoms with van der Waals surface area (Å²) in [6.45, 7) is 2.24. The Morgan fingerprint density at radius 2 is 1.83 bits per heavy atom. The van der Waals surface area contributed by atoms with E-state index in [0.717, 1.165) is 37.1 Å². The summed E-state index contributed by atoms with van der Waals surface area (Å²) < 4.78 is 11.4. The standard InChI is InChI=1S/C40H45N5O7/c1-51-34-23-26(24-42-25-33(47)29-11-14-32(46)38-30(29)12-15-36(48)45-38)10-13-31(34)43-37(49)16-20-40(27-7-3-2-4-8-27)19-6-5-9-35(40)44-39(50)52-28-17-21-41-22-18-28/h2-15,19,23,28,33,35,41-42,46-47H,16-18,20-22,24-25H2,1H3,(H,43,49)(H,44,50)(H,45,48)/t33-,35?,40?/m0/s1. The van der Waals surface area contributed by atoms with Crippen LogP contribution in [0.3, 0.4) is 0 Å². The predicted octanol–water partition coefficient (Wildman–Crippen LogP) is 4.70. The van der Waals surface area contributed by atoms with E-state index in [0.29, 0.717) is 35.4 Å². The van der Waals surface area contributed by atoms with Crippen molar-refractivity contribution in [2.24, 2.45) is 0 Å². The van der Waals surface area contributed by atoms with Gasteiger partial charge in [-0.25, -0.2) is 4.79 Å². The molecule has 2 aliphatic rings. The van der Waals surface area contributed by atoms with E-state index in [1.165, 1.54) is 19.2 Å². The summed E-state index contributed by atoms with van der Waals surface area (Å²) in [5.41, 5.74) is 2.18. The Balaban J connectivity index is 1.08. The Labute approximate surface area is 301 Å². The second-order valence-electron chi connectivity index (χ2n) is 13.1. The van der Waals surface area contributed by atoms with Crippen LogP contribution in [0, 0.1) is 0 Å². The summed E-state index contributed by atoms with van der Waals surface area (Å²) >= 11 is 0. The molecule has 4 aromatic rings. The molecule has 2 heterocycles. The molecule has 0 bridgehead atoms. The van der Waals surface area contributed by atoms with Crippen molar-refractivity contribution < 1.29 is 29.3 Å². The Morgan fingerprint density at radius 1 is 1.02 bits per heavy atom. The largest absolute Gasteiger partial charge is 0.506 e. The molecule has 0 saturated carbocycles. The van der Waals surface area contributed by atoms with Gasteiger partial charge in [0.1, 0.15) is 17.6 Å². The van der Waals surface area contributed by atoms with Crippen LogP contribution in [0.25, 0.3) is 10.9 Å². The van der Waals surface area contributed by atoms with E-state index in [2.05, 4.69) is 32.3 Å². The first-order valence-corrected chi connectivity index (χ1v) is 17.6. The Morgan fingerprint density at radius 3 is 2.62 bits per heavy atom. The van der Waals surface area contributed by atoms with Gasteiger partial charge in [-0.15, -0.1) is 0 Å². The summed E-state index contributed by atoms with van der Waals surface area (Å²) in [6.07, 6.45) is 8.46. The van der Waals surface area contributed by atoms with Crippen molar-refractivity contribution in [3.8, 4) is 11.5 Å². The lowest BCUT2D eigenvalue weighted by Crippen LogP contribution is -2.50. The van der Waals surface area contributed by atoms with Crippen LogP contribution in [0.2, 0.25) is 0 Å². The molecule has 0 radical (unpaired) electrons. The molecule has 12 heteroatoms. The number of aromatic amines is 1. The van der Waals surface area contributed by atoms with Crippen LogP contribution in [0.5, 0.6) is 11.5 Å². The maximum Gasteiger partial charge on any atom is 0.407 e. The fraction of sp³-hybridized carbons (Fsp3) is 0.325. The minimum absolute atomic E-state index is 0.0688. The number of amides is 2. The highest BCUT2D eigenvalue weighted by molar-refractivity contribution is 5.92. The fourth-order valence-electron chi connectivity index (χ4n) is 6.98. The average molecular weight is 708 g/mol. The number of hydrogen-bond acceptors (Lipinski definition) is 9. The number of rotatable bonds is 13. The van der Waals surface area contributed by atoms with Crippen molar-refractivity contribution in [1.82, 2.24) is 20.9 Å². The minimum atomic E-state index is -0.905. The fourth-order valence-corrected chi connectivity index (χ4v) is 6.98. The first-order chi connectivity index (χ1) is 25.3. The normalized spacial score (nSPS) is 19.2. The number of pyridine rings is 1. The molecule has 1 aliphatic carbocycles. The number of aliphatic hydroxyl groups is 1. The molecule has 2 unspecified atom stereocenters. The zero-order chi connectivity index (χ0) is 36.5. The van der Waals surface area contributed by atoms with E-state index >= 15 is 0 Å². The van der Waals surface area contributed by atoms with Gasteiger partial charge in [-0.2, -0.15) is 0 Å². The number of carbonyl (C=O) groups excluding carboxylic acids is 2. The van der Waals surface area contributed by atoms with Gasteiger partial charge in [-0.05, 0) is 73.3 Å². The van der Waals surface area contributed by atoms with Gasteiger partial charge in [0.15, 0.2) is 0 Å². The topological polar surface area (TPSA) is 174 Å². The number of ether oxygens (including phenoxy) is 2. The van der Waals surface area contributed by atoms with E-state index in [-0.39, 0.29) is 41.8 Å². The molecule has 3 atom stereocenters. The number of fused-ring (bicyclic) bond motifs is 1. The summed E-state index contributed by atoms with van der Waals surface area (Å²) in [4.78, 5) is 40.9. The number of benzene rings is 3. The van der Waals surface area contributed by atoms with Crippen LogP contribution < -0.4 is 31.6 Å². The van der Waals surface area contributed by atoms with Gasteiger partial charge in [-0.3, -0.25) is 9.59 Å². The van der Waals surface area contributed by atoms with Crippen molar-refractivity contribution in [3.05, 3.63) is 124 Å². The summed E-state index contributed by atoms with van der Waals surface area (Å²) in [6, 6.07) is 20.9. The predicted molar refractivity (Wildman–Crippen MR) is 199 cm³/mol. The van der Waals surface area contributed by atoms with Crippen LogP contribution in [0.1, 0.15) is 48.5 Å². The number of aromatic hydroxyl groups is 1. The number of methoxy groups -OCH3 is 1. The second kappa shape index (κ2) is 16.7. The monoisotopic (exact) mass is 707 g/mol. The molecule has 3 aromatic carbocycles. The third kappa shape index (κ3) is 8.53. The number of nitrogens with one attached hydrogen (secondary N) is 5. The van der Waals surface area contributed by atoms with Crippen LogP contribution in [-0.2, 0) is 21.5 Å². The van der Waals surface area contributed by atoms with Gasteiger partial charge in [0.2, 0.25) is 11.5 Å². The molecule has 1 fully saturated rings. The molecular formula is C40H45N5O7. The van der Waals surface area contributed by atoms with Gasteiger partial charge in [0.05, 0.1) is 30.5 Å². The summed E-state index contributed by atoms with van der Waals surface area (Å²) in [5, 5.41) is 34.2. The van der Waals surface area contributed by atoms with Gasteiger partial charge < -0.3 is 45.9 Å². The zero-order valence-corrected chi connectivity index (χ0v) is 29.1. The van der Waals surface area contributed by atoms with Gasteiger partial charge in [0.25, 0.3) is 0 Å². The first-order valence-electron chi connectivity index (χ1n) is 17.6. The average Bonchev–Trinajstić information content (AvgIpc) is 3.16. The maximum atomic E-state index is 13.5. The lowest BCUT2D eigenvalue weighted by atomic mass is 9.69. The van der Waals surface area contributed by atoms with Gasteiger partial charge >= 0.3 is 6.09 Å². The summed E-state index contributed by atoms with van der Waals surface area (Å²) in [7, 11) is 1.54. The highest BCUT2D eigenvalue weighted by Gasteiger charge is 2.40. The van der Waals surface area contributed by atoms with Gasteiger partial charge in [-0.1, -0.05) is 66.8 Å². The minimum Gasteiger partial charge on any atom is -0.506 e. The third-order valence-corrected chi connectivity index (χ3v) is 9.75. The number of aliphatic hydroxyl groups excluding tert-OH is 1. The van der Waals surface area contributed by atoms with E-state index in [1.807, 2.05) is 60.7 Å². The molecule has 6 rings (SSSR count). The molecule has 272 valence electrons. The number of hydrogen-bond donors (Lipinski definition) is 7. The smallest absolute Gasteiger partial charge is 0.407 e. The Bertz CT molecular complexity index is 1990. The van der Waals surface area contributed by atoms with Crippen LogP contribution >= 0.6 is 0 Å². The van der Waals surface area contributed by atoms with Crippen LogP contribution in [-0.4, -0.2) is 66.1 Å². The molecule has 7 N–H and O–H groups in total. The van der Waals surface area contributed by atoms with Crippen LogP contribution in [0.15, 0.2) is 102 Å². The lowest BCUT2D eigenvalue weighted by Gasteiger charge is -2.39. The highest BCUT2D eigenvalue weighted by Crippen LogP contribution is 2.38. The third-order valence-electron chi connectivity index (χ3n) is 9.75. The SMILES string of the molecule is COc1cc(CNC[C@H](O)c2ccc(O)c3[nH]c(=O)ccc23)ccc1NC(=O)CCC1(c2ccccc2)C=CC=CC1NC(=O)OC1CCNCC1. The Hall–Kier alpha value is -5.43.